The van der Waals surface area contributed by atoms with Gasteiger partial charge in [-0.05, 0) is 36.5 Å². The van der Waals surface area contributed by atoms with Crippen LogP contribution in [0, 0.1) is 5.92 Å². The van der Waals surface area contributed by atoms with Gasteiger partial charge in [-0.1, -0.05) is 18.2 Å². The van der Waals surface area contributed by atoms with Gasteiger partial charge in [0.05, 0.1) is 11.9 Å². The Hall–Kier alpha value is -3.15. The molecule has 0 atom stereocenters. The second kappa shape index (κ2) is 6.39. The second-order valence-electron chi connectivity index (χ2n) is 6.23. The Bertz CT molecular complexity index is 957. The first-order chi connectivity index (χ1) is 12.2. The predicted octanol–water partition coefficient (Wildman–Crippen LogP) is 3.32. The van der Waals surface area contributed by atoms with E-state index < -0.39 is 5.97 Å². The number of imidazole rings is 1. The smallest absolute Gasteiger partial charge is 0.328 e. The summed E-state index contributed by atoms with van der Waals surface area (Å²) in [5, 5.41) is 12.2. The number of anilines is 1. The van der Waals surface area contributed by atoms with Crippen LogP contribution in [0.2, 0.25) is 0 Å². The third kappa shape index (κ3) is 3.38. The second-order valence-corrected chi connectivity index (χ2v) is 6.23. The fourth-order valence-electron chi connectivity index (χ4n) is 2.79. The number of benzene rings is 1. The molecule has 6 heteroatoms. The molecule has 1 aromatic carbocycles. The minimum absolute atomic E-state index is 0.759. The van der Waals surface area contributed by atoms with Crippen LogP contribution in [0.15, 0.2) is 48.9 Å². The third-order valence-corrected chi connectivity index (χ3v) is 4.28. The van der Waals surface area contributed by atoms with Crippen LogP contribution >= 0.6 is 0 Å². The molecule has 0 aliphatic heterocycles. The first kappa shape index (κ1) is 15.4. The van der Waals surface area contributed by atoms with Gasteiger partial charge in [-0.3, -0.25) is 4.40 Å². The van der Waals surface area contributed by atoms with Crippen LogP contribution in [0.4, 0.5) is 5.82 Å². The standard InChI is InChI=1S/C19H18N4O2/c24-17(25)7-6-13-2-1-3-15(10-13)16-12-22-18(21-11-14-4-5-14)19-20-8-9-23(16)19/h1-3,6-10,12,14H,4-5,11H2,(H,21,22)(H,24,25)/b7-6+. The van der Waals surface area contributed by atoms with Crippen molar-refractivity contribution in [3.05, 3.63) is 54.5 Å². The average molecular weight is 334 g/mol. The number of aliphatic carboxylic acids is 1. The zero-order valence-corrected chi connectivity index (χ0v) is 13.6. The summed E-state index contributed by atoms with van der Waals surface area (Å²) in [6.07, 6.45) is 10.8. The molecule has 0 spiro atoms. The molecule has 0 unspecified atom stereocenters. The number of rotatable bonds is 6. The molecule has 126 valence electrons. The normalized spacial score (nSPS) is 14.2. The maximum atomic E-state index is 10.7. The van der Waals surface area contributed by atoms with E-state index in [1.807, 2.05) is 41.1 Å². The Morgan fingerprint density at radius 1 is 1.36 bits per heavy atom. The van der Waals surface area contributed by atoms with Gasteiger partial charge in [0.25, 0.3) is 0 Å². The lowest BCUT2D eigenvalue weighted by Gasteiger charge is -2.10. The van der Waals surface area contributed by atoms with Crippen molar-refractivity contribution < 1.29 is 9.90 Å². The van der Waals surface area contributed by atoms with Gasteiger partial charge in [0, 0.05) is 30.6 Å². The largest absolute Gasteiger partial charge is 0.478 e. The Kier molecular flexibility index (Phi) is 3.93. The Morgan fingerprint density at radius 2 is 2.24 bits per heavy atom. The molecule has 1 saturated carbocycles. The van der Waals surface area contributed by atoms with E-state index in [2.05, 4.69) is 15.3 Å². The van der Waals surface area contributed by atoms with Gasteiger partial charge in [0.2, 0.25) is 0 Å². The SMILES string of the molecule is O=C(O)/C=C/c1cccc(-c2cnc(NCC3CC3)c3nccn23)c1. The highest BCUT2D eigenvalue weighted by Crippen LogP contribution is 2.30. The zero-order valence-electron chi connectivity index (χ0n) is 13.6. The molecule has 0 bridgehead atoms. The van der Waals surface area contributed by atoms with Gasteiger partial charge in [0.1, 0.15) is 0 Å². The molecule has 2 N–H and O–H groups in total. The van der Waals surface area contributed by atoms with Crippen LogP contribution in [0.1, 0.15) is 18.4 Å². The number of nitrogens with one attached hydrogen (secondary N) is 1. The minimum Gasteiger partial charge on any atom is -0.478 e. The molecule has 4 rings (SSSR count). The van der Waals surface area contributed by atoms with Crippen LogP contribution in [-0.2, 0) is 4.79 Å². The van der Waals surface area contributed by atoms with E-state index in [0.717, 1.165) is 46.8 Å². The summed E-state index contributed by atoms with van der Waals surface area (Å²) >= 11 is 0. The third-order valence-electron chi connectivity index (χ3n) is 4.28. The van der Waals surface area contributed by atoms with Crippen molar-refractivity contribution in [2.75, 3.05) is 11.9 Å². The van der Waals surface area contributed by atoms with E-state index in [0.29, 0.717) is 0 Å². The summed E-state index contributed by atoms with van der Waals surface area (Å²) in [5.41, 5.74) is 3.49. The molecular formula is C19H18N4O2. The summed E-state index contributed by atoms with van der Waals surface area (Å²) in [7, 11) is 0. The first-order valence-corrected chi connectivity index (χ1v) is 8.28. The van der Waals surface area contributed by atoms with Crippen molar-refractivity contribution in [1.82, 2.24) is 14.4 Å². The lowest BCUT2D eigenvalue weighted by atomic mass is 10.1. The molecule has 1 aliphatic rings. The van der Waals surface area contributed by atoms with Gasteiger partial charge in [-0.25, -0.2) is 14.8 Å². The number of hydrogen-bond donors (Lipinski definition) is 2. The number of carbonyl (C=O) groups is 1. The highest BCUT2D eigenvalue weighted by Gasteiger charge is 2.21. The van der Waals surface area contributed by atoms with Crippen molar-refractivity contribution in [2.24, 2.45) is 5.92 Å². The number of carboxylic acid groups (broad SMARTS) is 1. The fourth-order valence-corrected chi connectivity index (χ4v) is 2.79. The lowest BCUT2D eigenvalue weighted by molar-refractivity contribution is -0.131. The Balaban J connectivity index is 1.69. The maximum absolute atomic E-state index is 10.7. The Labute approximate surface area is 144 Å². The van der Waals surface area contributed by atoms with Gasteiger partial charge in [-0.15, -0.1) is 0 Å². The molecular weight excluding hydrogens is 316 g/mol. The van der Waals surface area contributed by atoms with E-state index in [9.17, 15) is 4.79 Å². The van der Waals surface area contributed by atoms with Crippen molar-refractivity contribution in [3.63, 3.8) is 0 Å². The van der Waals surface area contributed by atoms with E-state index in [1.165, 1.54) is 12.8 Å². The zero-order chi connectivity index (χ0) is 17.2. The van der Waals surface area contributed by atoms with Gasteiger partial charge >= 0.3 is 5.97 Å². The van der Waals surface area contributed by atoms with Crippen LogP contribution in [0.5, 0.6) is 0 Å². The summed E-state index contributed by atoms with van der Waals surface area (Å²) < 4.78 is 2.00. The number of fused-ring (bicyclic) bond motifs is 1. The van der Waals surface area contributed by atoms with Crippen LogP contribution in [0.3, 0.4) is 0 Å². The summed E-state index contributed by atoms with van der Waals surface area (Å²) in [6.45, 7) is 0.935. The molecule has 1 fully saturated rings. The quantitative estimate of drug-likeness (QED) is 0.676. The fraction of sp³-hybridized carbons (Fsp3) is 0.211. The highest BCUT2D eigenvalue weighted by atomic mass is 16.4. The van der Waals surface area contributed by atoms with E-state index in [4.69, 9.17) is 5.11 Å². The summed E-state index contributed by atoms with van der Waals surface area (Å²) in [4.78, 5) is 19.7. The maximum Gasteiger partial charge on any atom is 0.328 e. The average Bonchev–Trinajstić information content (AvgIpc) is 3.32. The highest BCUT2D eigenvalue weighted by molar-refractivity contribution is 5.85. The minimum atomic E-state index is -0.963. The molecule has 1 aliphatic carbocycles. The van der Waals surface area contributed by atoms with Crippen LogP contribution in [0.25, 0.3) is 23.0 Å². The summed E-state index contributed by atoms with van der Waals surface area (Å²) in [5.74, 6) is 0.590. The number of hydrogen-bond acceptors (Lipinski definition) is 4. The number of nitrogens with zero attached hydrogens (tertiary/aromatic N) is 3. The van der Waals surface area contributed by atoms with Gasteiger partial charge < -0.3 is 10.4 Å². The molecule has 0 saturated heterocycles. The predicted molar refractivity (Wildman–Crippen MR) is 96.3 cm³/mol. The lowest BCUT2D eigenvalue weighted by Crippen LogP contribution is -2.07. The molecule has 2 aromatic heterocycles. The first-order valence-electron chi connectivity index (χ1n) is 8.28. The molecule has 3 aromatic rings. The monoisotopic (exact) mass is 334 g/mol. The molecule has 25 heavy (non-hydrogen) atoms. The topological polar surface area (TPSA) is 79.5 Å². The summed E-state index contributed by atoms with van der Waals surface area (Å²) in [6, 6.07) is 7.69. The van der Waals surface area contributed by atoms with E-state index >= 15 is 0 Å². The molecule has 0 radical (unpaired) electrons. The molecule has 0 amide bonds. The van der Waals surface area contributed by atoms with Crippen molar-refractivity contribution in [1.29, 1.82) is 0 Å². The van der Waals surface area contributed by atoms with Gasteiger partial charge in [0.15, 0.2) is 11.5 Å². The van der Waals surface area contributed by atoms with Gasteiger partial charge in [-0.2, -0.15) is 0 Å². The van der Waals surface area contributed by atoms with E-state index in [1.54, 1.807) is 12.3 Å². The Morgan fingerprint density at radius 3 is 3.04 bits per heavy atom. The van der Waals surface area contributed by atoms with Crippen LogP contribution < -0.4 is 5.32 Å². The molecule has 2 heterocycles. The number of aromatic nitrogens is 3. The van der Waals surface area contributed by atoms with Crippen molar-refractivity contribution in [2.45, 2.75) is 12.8 Å². The molecule has 6 nitrogen and oxygen atoms in total. The van der Waals surface area contributed by atoms with Crippen LogP contribution in [-0.4, -0.2) is 32.0 Å². The van der Waals surface area contributed by atoms with E-state index in [-0.39, 0.29) is 0 Å². The van der Waals surface area contributed by atoms with Crippen molar-refractivity contribution >= 4 is 23.5 Å². The number of carboxylic acids is 1. The van der Waals surface area contributed by atoms with Crippen molar-refractivity contribution in [3.8, 4) is 11.3 Å².